The summed E-state index contributed by atoms with van der Waals surface area (Å²) in [6, 6.07) is 1.19. The van der Waals surface area contributed by atoms with Crippen molar-refractivity contribution < 1.29 is 0 Å². The summed E-state index contributed by atoms with van der Waals surface area (Å²) in [5.41, 5.74) is 2.68. The molecule has 0 aromatic carbocycles. The van der Waals surface area contributed by atoms with Gasteiger partial charge in [-0.15, -0.1) is 0 Å². The van der Waals surface area contributed by atoms with Gasteiger partial charge in [-0.25, -0.2) is 0 Å². The first kappa shape index (κ1) is 20.6. The van der Waals surface area contributed by atoms with Crippen LogP contribution in [0.25, 0.3) is 0 Å². The normalized spacial score (nSPS) is 38.0. The second-order valence-corrected chi connectivity index (χ2v) is 9.12. The Morgan fingerprint density at radius 3 is 1.44 bits per heavy atom. The van der Waals surface area contributed by atoms with Crippen molar-refractivity contribution in [3.63, 3.8) is 0 Å². The molecule has 2 aliphatic rings. The molecule has 0 saturated heterocycles. The molecule has 0 aliphatic heterocycles. The highest BCUT2D eigenvalue weighted by molar-refractivity contribution is 5.82. The minimum atomic E-state index is 0.595. The summed E-state index contributed by atoms with van der Waals surface area (Å²) in [6.45, 7) is 13.7. The number of rotatable bonds is 6. The van der Waals surface area contributed by atoms with Gasteiger partial charge in [-0.1, -0.05) is 27.7 Å². The number of hydrogen-bond donors (Lipinski definition) is 0. The summed E-state index contributed by atoms with van der Waals surface area (Å²) in [7, 11) is 0. The van der Waals surface area contributed by atoms with Crippen molar-refractivity contribution in [3.8, 4) is 0 Å². The van der Waals surface area contributed by atoms with E-state index in [2.05, 4.69) is 41.5 Å². The van der Waals surface area contributed by atoms with Crippen LogP contribution < -0.4 is 0 Å². The van der Waals surface area contributed by atoms with Gasteiger partial charge in [0.25, 0.3) is 0 Å². The summed E-state index contributed by atoms with van der Waals surface area (Å²) in [5, 5.41) is 0. The predicted molar refractivity (Wildman–Crippen MR) is 112 cm³/mol. The van der Waals surface area contributed by atoms with E-state index >= 15 is 0 Å². The van der Waals surface area contributed by atoms with Crippen LogP contribution in [0, 0.1) is 23.7 Å². The molecular weight excluding hydrogens is 304 g/mol. The molecule has 0 amide bonds. The maximum absolute atomic E-state index is 4.98. The Kier molecular flexibility index (Phi) is 8.16. The summed E-state index contributed by atoms with van der Waals surface area (Å²) >= 11 is 0. The van der Waals surface area contributed by atoms with Gasteiger partial charge in [0.1, 0.15) is 0 Å². The second kappa shape index (κ2) is 9.88. The molecule has 2 fully saturated rings. The molecule has 144 valence electrons. The topological polar surface area (TPSA) is 24.7 Å². The van der Waals surface area contributed by atoms with Gasteiger partial charge in [-0.05, 0) is 95.3 Å². The first-order chi connectivity index (χ1) is 11.9. The van der Waals surface area contributed by atoms with Crippen molar-refractivity contribution in [2.24, 2.45) is 33.7 Å². The monoisotopic (exact) mass is 346 g/mol. The lowest BCUT2D eigenvalue weighted by atomic mass is 9.71. The second-order valence-electron chi connectivity index (χ2n) is 9.12. The highest BCUT2D eigenvalue weighted by atomic mass is 14.8. The smallest absolute Gasteiger partial charge is 0.0524 e. The van der Waals surface area contributed by atoms with E-state index in [1.54, 1.807) is 0 Å². The first-order valence-electron chi connectivity index (χ1n) is 11.0. The van der Waals surface area contributed by atoms with Gasteiger partial charge < -0.3 is 0 Å². The van der Waals surface area contributed by atoms with E-state index in [-0.39, 0.29) is 0 Å². The molecule has 0 spiro atoms. The van der Waals surface area contributed by atoms with Gasteiger partial charge in [-0.2, -0.15) is 0 Å². The average Bonchev–Trinajstić information content (AvgIpc) is 2.59. The SMILES string of the molecule is CCC(C)=NC1CCC(CC2CCC(N=C(C)CC)C(C)C2)CC1C. The average molecular weight is 347 g/mol. The number of aliphatic imine (C=N–C) groups is 2. The van der Waals surface area contributed by atoms with Gasteiger partial charge >= 0.3 is 0 Å². The fourth-order valence-corrected chi connectivity index (χ4v) is 5.02. The van der Waals surface area contributed by atoms with E-state index in [1.807, 2.05) is 0 Å². The summed E-state index contributed by atoms with van der Waals surface area (Å²) in [6.07, 6.45) is 11.9. The zero-order valence-electron chi connectivity index (χ0n) is 17.7. The molecule has 6 unspecified atom stereocenters. The zero-order chi connectivity index (χ0) is 18.4. The molecule has 0 aromatic rings. The van der Waals surface area contributed by atoms with Crippen molar-refractivity contribution in [2.75, 3.05) is 0 Å². The van der Waals surface area contributed by atoms with Crippen LogP contribution in [0.4, 0.5) is 0 Å². The Morgan fingerprint density at radius 1 is 0.720 bits per heavy atom. The van der Waals surface area contributed by atoms with E-state index in [9.17, 15) is 0 Å². The fraction of sp³-hybridized carbons (Fsp3) is 0.913. The van der Waals surface area contributed by atoms with Crippen LogP contribution in [-0.4, -0.2) is 23.5 Å². The lowest BCUT2D eigenvalue weighted by molar-refractivity contribution is 0.169. The standard InChI is InChI=1S/C23H42N2/c1-7-18(5)24-22-11-9-20(13-16(22)3)15-21-10-12-23(17(4)14-21)25-19(6)8-2/h16-17,20-23H,7-15H2,1-6H3. The minimum absolute atomic E-state index is 0.595. The molecule has 0 N–H and O–H groups in total. The van der Waals surface area contributed by atoms with Crippen molar-refractivity contribution in [3.05, 3.63) is 0 Å². The number of nitrogens with zero attached hydrogens (tertiary/aromatic N) is 2. The maximum atomic E-state index is 4.98. The molecule has 0 bridgehead atoms. The summed E-state index contributed by atoms with van der Waals surface area (Å²) < 4.78 is 0. The quantitative estimate of drug-likeness (QED) is 0.476. The first-order valence-corrected chi connectivity index (χ1v) is 11.0. The van der Waals surface area contributed by atoms with Crippen LogP contribution in [0.2, 0.25) is 0 Å². The third-order valence-corrected chi connectivity index (χ3v) is 6.93. The maximum Gasteiger partial charge on any atom is 0.0524 e. The van der Waals surface area contributed by atoms with Crippen LogP contribution in [-0.2, 0) is 0 Å². The molecule has 25 heavy (non-hydrogen) atoms. The van der Waals surface area contributed by atoms with E-state index in [1.165, 1.54) is 56.4 Å². The van der Waals surface area contributed by atoms with E-state index in [0.29, 0.717) is 12.1 Å². The minimum Gasteiger partial charge on any atom is -0.291 e. The van der Waals surface area contributed by atoms with E-state index < -0.39 is 0 Å². The Balaban J connectivity index is 1.81. The Bertz CT molecular complexity index is 423. The molecule has 6 atom stereocenters. The van der Waals surface area contributed by atoms with Crippen LogP contribution in [0.1, 0.15) is 99.3 Å². The van der Waals surface area contributed by atoms with E-state index in [4.69, 9.17) is 9.98 Å². The van der Waals surface area contributed by atoms with Gasteiger partial charge in [0, 0.05) is 11.4 Å². The van der Waals surface area contributed by atoms with Gasteiger partial charge in [0.2, 0.25) is 0 Å². The molecule has 0 radical (unpaired) electrons. The molecule has 2 heteroatoms. The largest absolute Gasteiger partial charge is 0.291 e. The van der Waals surface area contributed by atoms with Crippen molar-refractivity contribution in [1.29, 1.82) is 0 Å². The lowest BCUT2D eigenvalue weighted by Crippen LogP contribution is -2.31. The van der Waals surface area contributed by atoms with Crippen LogP contribution in [0.15, 0.2) is 9.98 Å². The predicted octanol–water partition coefficient (Wildman–Crippen LogP) is 6.73. The fourth-order valence-electron chi connectivity index (χ4n) is 5.02. The highest BCUT2D eigenvalue weighted by Gasteiger charge is 2.32. The molecule has 2 rings (SSSR count). The Morgan fingerprint density at radius 2 is 1.12 bits per heavy atom. The van der Waals surface area contributed by atoms with Gasteiger partial charge in [0.05, 0.1) is 12.1 Å². The summed E-state index contributed by atoms with van der Waals surface area (Å²) in [4.78, 5) is 9.95. The lowest BCUT2D eigenvalue weighted by Gasteiger charge is -2.37. The zero-order valence-corrected chi connectivity index (χ0v) is 17.7. The van der Waals surface area contributed by atoms with E-state index in [0.717, 1.165) is 36.5 Å². The van der Waals surface area contributed by atoms with Crippen molar-refractivity contribution >= 4 is 11.4 Å². The van der Waals surface area contributed by atoms with Crippen LogP contribution in [0.3, 0.4) is 0 Å². The third kappa shape index (κ3) is 6.22. The van der Waals surface area contributed by atoms with Crippen molar-refractivity contribution in [1.82, 2.24) is 0 Å². The molecule has 2 nitrogen and oxygen atoms in total. The van der Waals surface area contributed by atoms with Gasteiger partial charge in [-0.3, -0.25) is 9.98 Å². The van der Waals surface area contributed by atoms with Crippen molar-refractivity contribution in [2.45, 2.75) is 111 Å². The molecule has 0 aromatic heterocycles. The third-order valence-electron chi connectivity index (χ3n) is 6.93. The molecular formula is C23H42N2. The summed E-state index contributed by atoms with van der Waals surface area (Å²) in [5.74, 6) is 3.42. The Hall–Kier alpha value is -0.660. The molecule has 2 saturated carbocycles. The van der Waals surface area contributed by atoms with Crippen LogP contribution >= 0.6 is 0 Å². The number of hydrogen-bond acceptors (Lipinski definition) is 2. The van der Waals surface area contributed by atoms with Crippen LogP contribution in [0.5, 0.6) is 0 Å². The van der Waals surface area contributed by atoms with Gasteiger partial charge in [0.15, 0.2) is 0 Å². The molecule has 2 aliphatic carbocycles. The Labute approximate surface area is 157 Å². The highest BCUT2D eigenvalue weighted by Crippen LogP contribution is 2.40. The molecule has 0 heterocycles.